The normalized spacial score (nSPS) is 14.1. The number of hydrogen-bond donors (Lipinski definition) is 0. The van der Waals surface area contributed by atoms with Gasteiger partial charge in [-0.1, -0.05) is 0 Å². The Morgan fingerprint density at radius 1 is 1.38 bits per heavy atom. The summed E-state index contributed by atoms with van der Waals surface area (Å²) in [4.78, 5) is 14.7. The molecular weight excluding hydrogens is 348 g/mol. The van der Waals surface area contributed by atoms with Crippen LogP contribution in [-0.4, -0.2) is 41.9 Å². The minimum Gasteiger partial charge on any atom is -0.338 e. The molecule has 0 saturated carbocycles. The molecule has 26 heavy (non-hydrogen) atoms. The smallest absolute Gasteiger partial charge is 0.227 e. The van der Waals surface area contributed by atoms with Crippen LogP contribution in [0.5, 0.6) is 0 Å². The quantitative estimate of drug-likeness (QED) is 0.707. The fraction of sp³-hybridized carbons (Fsp3) is 0.444. The zero-order valence-corrected chi connectivity index (χ0v) is 16.0. The van der Waals surface area contributed by atoms with Crippen LogP contribution in [-0.2, 0) is 31.2 Å². The molecule has 0 radical (unpaired) electrons. The van der Waals surface area contributed by atoms with Gasteiger partial charge in [-0.15, -0.1) is 10.2 Å². The molecule has 0 aromatic carbocycles. The molecule has 0 unspecified atom stereocenters. The number of nitrogens with zero attached hydrogens (tertiary/aromatic N) is 6. The van der Waals surface area contributed by atoms with E-state index in [0.717, 1.165) is 35.6 Å². The average Bonchev–Trinajstić information content (AvgIpc) is 3.34. The number of rotatable bonds is 4. The van der Waals surface area contributed by atoms with Crippen molar-refractivity contribution in [3.8, 4) is 11.5 Å². The SMILES string of the molecule is CC(C)n1cnnc1-c1nn(C)c2c1CN(C(=O)Cc1ccsc1)CC2. The third-order valence-corrected chi connectivity index (χ3v) is 5.60. The fourth-order valence-electron chi connectivity index (χ4n) is 3.45. The number of thiophene rings is 1. The zero-order chi connectivity index (χ0) is 18.3. The standard InChI is InChI=1S/C18H22N6OS/c1-12(2)24-11-19-20-18(24)17-14-9-23(6-4-15(14)22(3)21-17)16(25)8-13-5-7-26-10-13/h5,7,10-12H,4,6,8-9H2,1-3H3. The summed E-state index contributed by atoms with van der Waals surface area (Å²) in [6.45, 7) is 5.50. The van der Waals surface area contributed by atoms with Crippen LogP contribution in [0.1, 0.15) is 36.7 Å². The number of carbonyl (C=O) groups excluding carboxylic acids is 1. The lowest BCUT2D eigenvalue weighted by molar-refractivity contribution is -0.131. The van der Waals surface area contributed by atoms with E-state index in [-0.39, 0.29) is 11.9 Å². The van der Waals surface area contributed by atoms with Gasteiger partial charge in [0, 0.05) is 43.9 Å². The van der Waals surface area contributed by atoms with Gasteiger partial charge in [-0.2, -0.15) is 16.4 Å². The van der Waals surface area contributed by atoms with Gasteiger partial charge in [-0.05, 0) is 36.2 Å². The number of carbonyl (C=O) groups is 1. The Bertz CT molecular complexity index is 924. The molecule has 0 saturated heterocycles. The number of aryl methyl sites for hydroxylation is 1. The molecule has 0 bridgehead atoms. The lowest BCUT2D eigenvalue weighted by Gasteiger charge is -2.27. The van der Waals surface area contributed by atoms with Crippen LogP contribution in [0.2, 0.25) is 0 Å². The molecule has 0 atom stereocenters. The first kappa shape index (κ1) is 17.0. The number of hydrogen-bond acceptors (Lipinski definition) is 5. The Kier molecular flexibility index (Phi) is 4.36. The molecule has 0 spiro atoms. The number of aromatic nitrogens is 5. The second-order valence-corrected chi connectivity index (χ2v) is 7.71. The predicted molar refractivity (Wildman–Crippen MR) is 99.8 cm³/mol. The van der Waals surface area contributed by atoms with Crippen molar-refractivity contribution in [3.63, 3.8) is 0 Å². The van der Waals surface area contributed by atoms with Crippen molar-refractivity contribution >= 4 is 17.2 Å². The maximum atomic E-state index is 12.7. The molecule has 1 amide bonds. The van der Waals surface area contributed by atoms with Crippen molar-refractivity contribution in [2.45, 2.75) is 39.3 Å². The molecule has 3 aromatic heterocycles. The van der Waals surface area contributed by atoms with Crippen LogP contribution in [0, 0.1) is 0 Å². The summed E-state index contributed by atoms with van der Waals surface area (Å²) in [5.41, 5.74) is 4.18. The first-order chi connectivity index (χ1) is 12.5. The Hall–Kier alpha value is -2.48. The van der Waals surface area contributed by atoms with Crippen molar-refractivity contribution in [1.29, 1.82) is 0 Å². The highest BCUT2D eigenvalue weighted by molar-refractivity contribution is 7.08. The van der Waals surface area contributed by atoms with Crippen LogP contribution in [0.25, 0.3) is 11.5 Å². The van der Waals surface area contributed by atoms with E-state index in [2.05, 4.69) is 24.0 Å². The summed E-state index contributed by atoms with van der Waals surface area (Å²) < 4.78 is 3.94. The van der Waals surface area contributed by atoms with Gasteiger partial charge in [-0.25, -0.2) is 0 Å². The van der Waals surface area contributed by atoms with Crippen LogP contribution in [0.3, 0.4) is 0 Å². The third kappa shape index (κ3) is 2.94. The zero-order valence-electron chi connectivity index (χ0n) is 15.2. The molecule has 0 aliphatic carbocycles. The first-order valence-electron chi connectivity index (χ1n) is 8.78. The second-order valence-electron chi connectivity index (χ2n) is 6.93. The maximum Gasteiger partial charge on any atom is 0.227 e. The van der Waals surface area contributed by atoms with Gasteiger partial charge in [0.25, 0.3) is 0 Å². The van der Waals surface area contributed by atoms with E-state index in [0.29, 0.717) is 13.0 Å². The molecule has 8 heteroatoms. The molecule has 3 aromatic rings. The average molecular weight is 370 g/mol. The predicted octanol–water partition coefficient (Wildman–Crippen LogP) is 2.45. The monoisotopic (exact) mass is 370 g/mol. The van der Waals surface area contributed by atoms with Gasteiger partial charge in [0.1, 0.15) is 12.0 Å². The Morgan fingerprint density at radius 3 is 2.96 bits per heavy atom. The topological polar surface area (TPSA) is 68.8 Å². The molecule has 0 fully saturated rings. The van der Waals surface area contributed by atoms with Gasteiger partial charge >= 0.3 is 0 Å². The molecule has 7 nitrogen and oxygen atoms in total. The largest absolute Gasteiger partial charge is 0.338 e. The Labute approximate surface area is 156 Å². The van der Waals surface area contributed by atoms with Crippen LogP contribution < -0.4 is 0 Å². The van der Waals surface area contributed by atoms with Crippen LogP contribution in [0.4, 0.5) is 0 Å². The Balaban J connectivity index is 1.64. The van der Waals surface area contributed by atoms with E-state index >= 15 is 0 Å². The summed E-state index contributed by atoms with van der Waals surface area (Å²) >= 11 is 1.62. The lowest BCUT2D eigenvalue weighted by atomic mass is 10.0. The third-order valence-electron chi connectivity index (χ3n) is 4.87. The van der Waals surface area contributed by atoms with Gasteiger partial charge in [0.15, 0.2) is 5.82 Å². The molecule has 136 valence electrons. The summed E-state index contributed by atoms with van der Waals surface area (Å²) in [6.07, 6.45) is 3.00. The molecule has 4 rings (SSSR count). The number of amides is 1. The van der Waals surface area contributed by atoms with E-state index in [1.54, 1.807) is 17.7 Å². The van der Waals surface area contributed by atoms with Crippen molar-refractivity contribution < 1.29 is 4.79 Å². The minimum absolute atomic E-state index is 0.161. The summed E-state index contributed by atoms with van der Waals surface area (Å²) in [7, 11) is 1.96. The lowest BCUT2D eigenvalue weighted by Crippen LogP contribution is -2.37. The molecule has 4 heterocycles. The summed E-state index contributed by atoms with van der Waals surface area (Å²) in [5, 5.41) is 17.1. The van der Waals surface area contributed by atoms with Crippen molar-refractivity contribution in [2.75, 3.05) is 6.54 Å². The molecule has 1 aliphatic rings. The van der Waals surface area contributed by atoms with E-state index in [1.165, 1.54) is 5.69 Å². The van der Waals surface area contributed by atoms with Gasteiger partial charge in [0.2, 0.25) is 5.91 Å². The first-order valence-corrected chi connectivity index (χ1v) is 9.72. The highest BCUT2D eigenvalue weighted by Crippen LogP contribution is 2.30. The van der Waals surface area contributed by atoms with E-state index in [1.807, 2.05) is 38.0 Å². The van der Waals surface area contributed by atoms with Gasteiger partial charge < -0.3 is 9.47 Å². The minimum atomic E-state index is 0.161. The van der Waals surface area contributed by atoms with Crippen LogP contribution >= 0.6 is 11.3 Å². The van der Waals surface area contributed by atoms with Crippen molar-refractivity contribution in [3.05, 3.63) is 40.0 Å². The van der Waals surface area contributed by atoms with Crippen molar-refractivity contribution in [2.24, 2.45) is 7.05 Å². The van der Waals surface area contributed by atoms with Gasteiger partial charge in [0.05, 0.1) is 6.42 Å². The maximum absolute atomic E-state index is 12.7. The van der Waals surface area contributed by atoms with E-state index in [4.69, 9.17) is 5.10 Å². The second kappa shape index (κ2) is 6.68. The fourth-order valence-corrected chi connectivity index (χ4v) is 4.12. The van der Waals surface area contributed by atoms with Gasteiger partial charge in [-0.3, -0.25) is 9.48 Å². The van der Waals surface area contributed by atoms with Crippen LogP contribution in [0.15, 0.2) is 23.2 Å². The highest BCUT2D eigenvalue weighted by atomic mass is 32.1. The molecule has 0 N–H and O–H groups in total. The Morgan fingerprint density at radius 2 is 2.23 bits per heavy atom. The number of fused-ring (bicyclic) bond motifs is 1. The highest BCUT2D eigenvalue weighted by Gasteiger charge is 2.29. The molecular formula is C18H22N6OS. The van der Waals surface area contributed by atoms with E-state index < -0.39 is 0 Å². The summed E-state index contributed by atoms with van der Waals surface area (Å²) in [6, 6.07) is 2.26. The molecule has 1 aliphatic heterocycles. The summed E-state index contributed by atoms with van der Waals surface area (Å²) in [5.74, 6) is 0.929. The van der Waals surface area contributed by atoms with E-state index in [9.17, 15) is 4.79 Å². The van der Waals surface area contributed by atoms with Crippen molar-refractivity contribution in [1.82, 2.24) is 29.4 Å².